The van der Waals surface area contributed by atoms with E-state index < -0.39 is 16.7 Å². The quantitative estimate of drug-likeness (QED) is 0.857. The first-order valence-corrected chi connectivity index (χ1v) is 6.74. The van der Waals surface area contributed by atoms with Crippen molar-refractivity contribution in [2.24, 2.45) is 0 Å². The van der Waals surface area contributed by atoms with E-state index in [1.54, 1.807) is 6.92 Å². The van der Waals surface area contributed by atoms with Crippen LogP contribution in [-0.4, -0.2) is 26.7 Å². The minimum atomic E-state index is -3.79. The molecule has 0 atom stereocenters. The lowest BCUT2D eigenvalue weighted by Gasteiger charge is -2.11. The molecule has 0 amide bonds. The molecule has 0 bridgehead atoms. The number of rotatable bonds is 5. The summed E-state index contributed by atoms with van der Waals surface area (Å²) in [7, 11) is -3.79. The largest absolute Gasteiger partial charge is 0.392 e. The maximum absolute atomic E-state index is 12.0. The van der Waals surface area contributed by atoms with Gasteiger partial charge in [-0.2, -0.15) is 0 Å². The highest BCUT2D eigenvalue weighted by Gasteiger charge is 2.19. The van der Waals surface area contributed by atoms with Gasteiger partial charge in [0, 0.05) is 11.6 Å². The summed E-state index contributed by atoms with van der Waals surface area (Å²) in [5.74, 6) is 0. The molecule has 1 aromatic carbocycles. The Morgan fingerprint density at radius 3 is 2.65 bits per heavy atom. The first-order valence-electron chi connectivity index (χ1n) is 4.88. The summed E-state index contributed by atoms with van der Waals surface area (Å²) >= 11 is 5.76. The third-order valence-electron chi connectivity index (χ3n) is 2.28. The van der Waals surface area contributed by atoms with Gasteiger partial charge in [-0.15, -0.1) is 0 Å². The zero-order chi connectivity index (χ0) is 13.1. The van der Waals surface area contributed by atoms with Crippen molar-refractivity contribution in [3.8, 4) is 0 Å². The van der Waals surface area contributed by atoms with Crippen molar-refractivity contribution in [3.05, 3.63) is 28.3 Å². The molecule has 0 heterocycles. The van der Waals surface area contributed by atoms with Crippen LogP contribution >= 0.6 is 11.6 Å². The first kappa shape index (κ1) is 14.4. The fraction of sp³-hybridized carbons (Fsp3) is 0.400. The number of aliphatic hydroxyl groups is 1. The van der Waals surface area contributed by atoms with Crippen molar-refractivity contribution >= 4 is 21.6 Å². The van der Waals surface area contributed by atoms with Crippen LogP contribution in [0.1, 0.15) is 11.1 Å². The highest BCUT2D eigenvalue weighted by Crippen LogP contribution is 2.24. The predicted molar refractivity (Wildman–Crippen MR) is 63.3 cm³/mol. The summed E-state index contributed by atoms with van der Waals surface area (Å²) in [5, 5.41) is 9.28. The smallest absolute Gasteiger partial charge is 0.240 e. The minimum absolute atomic E-state index is 0.0394. The van der Waals surface area contributed by atoms with E-state index in [1.807, 2.05) is 0 Å². The van der Waals surface area contributed by atoms with Gasteiger partial charge < -0.3 is 5.11 Å². The number of aliphatic hydroxyl groups excluding tert-OH is 1. The minimum Gasteiger partial charge on any atom is -0.392 e. The highest BCUT2D eigenvalue weighted by atomic mass is 35.5. The zero-order valence-electron chi connectivity index (χ0n) is 9.20. The van der Waals surface area contributed by atoms with Gasteiger partial charge in [-0.1, -0.05) is 11.6 Å². The van der Waals surface area contributed by atoms with Crippen LogP contribution in [0.5, 0.6) is 0 Å². The van der Waals surface area contributed by atoms with Gasteiger partial charge in [-0.3, -0.25) is 0 Å². The number of sulfonamides is 1. The second kappa shape index (κ2) is 5.77. The average Bonchev–Trinajstić information content (AvgIpc) is 2.29. The SMILES string of the molecule is Cc1c(CO)cc(Cl)cc1S(=O)(=O)NCCF. The molecule has 96 valence electrons. The number of benzene rings is 1. The number of alkyl halides is 1. The van der Waals surface area contributed by atoms with Gasteiger partial charge in [-0.25, -0.2) is 17.5 Å². The van der Waals surface area contributed by atoms with Crippen LogP contribution in [0, 0.1) is 6.92 Å². The van der Waals surface area contributed by atoms with E-state index >= 15 is 0 Å². The number of nitrogens with one attached hydrogen (secondary N) is 1. The molecule has 0 saturated heterocycles. The van der Waals surface area contributed by atoms with E-state index in [2.05, 4.69) is 4.72 Å². The maximum Gasteiger partial charge on any atom is 0.240 e. The van der Waals surface area contributed by atoms with Crippen LogP contribution in [0.4, 0.5) is 4.39 Å². The van der Waals surface area contributed by atoms with Crippen LogP contribution in [0.3, 0.4) is 0 Å². The molecule has 4 nitrogen and oxygen atoms in total. The number of hydrogen-bond donors (Lipinski definition) is 2. The lowest BCUT2D eigenvalue weighted by molar-refractivity contribution is 0.280. The van der Waals surface area contributed by atoms with Crippen LogP contribution in [0.2, 0.25) is 5.02 Å². The Balaban J connectivity index is 3.26. The molecule has 0 fully saturated rings. The Bertz CT molecular complexity index is 505. The molecular weight excluding hydrogens is 269 g/mol. The molecule has 0 aliphatic carbocycles. The van der Waals surface area contributed by atoms with Crippen LogP contribution < -0.4 is 4.72 Å². The second-order valence-corrected chi connectivity index (χ2v) is 5.60. The van der Waals surface area contributed by atoms with E-state index in [9.17, 15) is 12.8 Å². The summed E-state index contributed by atoms with van der Waals surface area (Å²) in [6.45, 7) is 0.179. The van der Waals surface area contributed by atoms with E-state index in [1.165, 1.54) is 12.1 Å². The lowest BCUT2D eigenvalue weighted by Crippen LogP contribution is -2.26. The van der Waals surface area contributed by atoms with Gasteiger partial charge in [0.25, 0.3) is 0 Å². The van der Waals surface area contributed by atoms with Crippen molar-refractivity contribution in [2.75, 3.05) is 13.2 Å². The third kappa shape index (κ3) is 3.38. The molecule has 0 saturated carbocycles. The zero-order valence-corrected chi connectivity index (χ0v) is 10.8. The fourth-order valence-corrected chi connectivity index (χ4v) is 3.03. The third-order valence-corrected chi connectivity index (χ3v) is 4.08. The van der Waals surface area contributed by atoms with Crippen molar-refractivity contribution < 1.29 is 17.9 Å². The second-order valence-electron chi connectivity index (χ2n) is 3.43. The predicted octanol–water partition coefficient (Wildman–Crippen LogP) is 1.39. The van der Waals surface area contributed by atoms with E-state index in [0.717, 1.165) is 0 Å². The maximum atomic E-state index is 12.0. The van der Waals surface area contributed by atoms with Gasteiger partial charge >= 0.3 is 0 Å². The average molecular weight is 282 g/mol. The van der Waals surface area contributed by atoms with Crippen LogP contribution in [0.25, 0.3) is 0 Å². The van der Waals surface area contributed by atoms with Crippen LogP contribution in [-0.2, 0) is 16.6 Å². The number of hydrogen-bond acceptors (Lipinski definition) is 3. The van der Waals surface area contributed by atoms with Crippen molar-refractivity contribution in [1.29, 1.82) is 0 Å². The Hall–Kier alpha value is -0.690. The van der Waals surface area contributed by atoms with E-state index in [-0.39, 0.29) is 23.1 Å². The summed E-state index contributed by atoms with van der Waals surface area (Å²) in [6, 6.07) is 2.77. The molecule has 0 radical (unpaired) electrons. The van der Waals surface area contributed by atoms with Crippen LogP contribution in [0.15, 0.2) is 17.0 Å². The van der Waals surface area contributed by atoms with Gasteiger partial charge in [-0.05, 0) is 30.2 Å². The Kier molecular flexibility index (Phi) is 4.88. The normalized spacial score (nSPS) is 11.8. The monoisotopic (exact) mass is 281 g/mol. The Morgan fingerprint density at radius 1 is 1.47 bits per heavy atom. The summed E-state index contributed by atoms with van der Waals surface area (Å²) in [4.78, 5) is -0.0394. The Labute approximate surface area is 104 Å². The molecule has 0 unspecified atom stereocenters. The topological polar surface area (TPSA) is 66.4 Å². The van der Waals surface area contributed by atoms with E-state index in [4.69, 9.17) is 16.7 Å². The van der Waals surface area contributed by atoms with E-state index in [0.29, 0.717) is 11.1 Å². The fourth-order valence-electron chi connectivity index (χ4n) is 1.40. The number of halogens is 2. The van der Waals surface area contributed by atoms with Crippen molar-refractivity contribution in [3.63, 3.8) is 0 Å². The molecular formula is C10H13ClFNO3S. The summed E-state index contributed by atoms with van der Waals surface area (Å²) in [5.41, 5.74) is 0.835. The molecule has 1 aromatic rings. The Morgan fingerprint density at radius 2 is 2.12 bits per heavy atom. The van der Waals surface area contributed by atoms with Gasteiger partial charge in [0.15, 0.2) is 0 Å². The summed E-state index contributed by atoms with van der Waals surface area (Å²) in [6.07, 6.45) is 0. The standard InChI is InChI=1S/C10H13ClFNO3S/c1-7-8(6-14)4-9(11)5-10(7)17(15,16)13-3-2-12/h4-5,13-14H,2-3,6H2,1H3. The molecule has 0 aliphatic rings. The molecule has 0 aliphatic heterocycles. The van der Waals surface area contributed by atoms with Gasteiger partial charge in [0.2, 0.25) is 10.0 Å². The highest BCUT2D eigenvalue weighted by molar-refractivity contribution is 7.89. The summed E-state index contributed by atoms with van der Waals surface area (Å²) < 4.78 is 37.7. The molecule has 1 rings (SSSR count). The molecule has 17 heavy (non-hydrogen) atoms. The molecule has 0 aromatic heterocycles. The molecule has 0 spiro atoms. The van der Waals surface area contributed by atoms with Gasteiger partial charge in [0.05, 0.1) is 11.5 Å². The molecule has 7 heteroatoms. The first-order chi connectivity index (χ1) is 7.92. The van der Waals surface area contributed by atoms with Crippen molar-refractivity contribution in [1.82, 2.24) is 4.72 Å². The molecule has 2 N–H and O–H groups in total. The van der Waals surface area contributed by atoms with Crippen molar-refractivity contribution in [2.45, 2.75) is 18.4 Å². The lowest BCUT2D eigenvalue weighted by atomic mass is 10.1. The van der Waals surface area contributed by atoms with Gasteiger partial charge in [0.1, 0.15) is 6.67 Å².